The number of hydrogen-bond acceptors (Lipinski definition) is 6. The third kappa shape index (κ3) is 2.36. The maximum Gasteiger partial charge on any atom is 0.176 e. The lowest BCUT2D eigenvalue weighted by atomic mass is 10.8. The van der Waals surface area contributed by atoms with E-state index in [0.29, 0.717) is 5.15 Å². The fraction of sp³-hybridized carbons (Fsp3) is 0. The van der Waals surface area contributed by atoms with Crippen LogP contribution in [-0.4, -0.2) is 19.3 Å². The topological polar surface area (TPSA) is 51.6 Å². The van der Waals surface area contributed by atoms with Gasteiger partial charge in [0.2, 0.25) is 0 Å². The molecule has 0 spiro atoms. The SMILES string of the molecule is Clc1cncc(Sc2ncns2)n1. The molecule has 0 saturated heterocycles. The maximum absolute atomic E-state index is 5.67. The average Bonchev–Trinajstić information content (AvgIpc) is 2.57. The molecule has 0 aliphatic heterocycles. The first-order chi connectivity index (χ1) is 6.34. The van der Waals surface area contributed by atoms with Gasteiger partial charge in [-0.1, -0.05) is 11.6 Å². The number of rotatable bonds is 2. The standard InChI is InChI=1S/C6H3ClN4S2/c7-4-1-8-2-5(11-4)12-6-9-3-10-13-6/h1-3H. The number of halogens is 1. The highest BCUT2D eigenvalue weighted by Gasteiger charge is 2.02. The van der Waals surface area contributed by atoms with Crippen LogP contribution in [0.1, 0.15) is 0 Å². The Morgan fingerprint density at radius 1 is 1.38 bits per heavy atom. The molecule has 0 radical (unpaired) electrons. The molecule has 2 aromatic heterocycles. The van der Waals surface area contributed by atoms with Crippen LogP contribution in [0.25, 0.3) is 0 Å². The van der Waals surface area contributed by atoms with E-state index in [4.69, 9.17) is 11.6 Å². The summed E-state index contributed by atoms with van der Waals surface area (Å²) in [6.45, 7) is 0. The summed E-state index contributed by atoms with van der Waals surface area (Å²) in [4.78, 5) is 12.0. The van der Waals surface area contributed by atoms with E-state index in [1.165, 1.54) is 35.8 Å². The van der Waals surface area contributed by atoms with Gasteiger partial charge in [-0.15, -0.1) is 0 Å². The van der Waals surface area contributed by atoms with Crippen molar-refractivity contribution in [1.82, 2.24) is 19.3 Å². The number of aromatic nitrogens is 4. The Balaban J connectivity index is 2.19. The second kappa shape index (κ2) is 3.99. The monoisotopic (exact) mass is 230 g/mol. The molecule has 0 bridgehead atoms. The molecular weight excluding hydrogens is 228 g/mol. The molecule has 4 nitrogen and oxygen atoms in total. The molecule has 0 fully saturated rings. The summed E-state index contributed by atoms with van der Waals surface area (Å²) in [5.74, 6) is 0. The van der Waals surface area contributed by atoms with Crippen molar-refractivity contribution in [2.45, 2.75) is 9.37 Å². The predicted molar refractivity (Wildman–Crippen MR) is 51.1 cm³/mol. The summed E-state index contributed by atoms with van der Waals surface area (Å²) in [6.07, 6.45) is 4.63. The van der Waals surface area contributed by atoms with Gasteiger partial charge >= 0.3 is 0 Å². The van der Waals surface area contributed by atoms with Crippen LogP contribution in [0, 0.1) is 0 Å². The van der Waals surface area contributed by atoms with Gasteiger partial charge in [0, 0.05) is 0 Å². The molecule has 0 unspecified atom stereocenters. The fourth-order valence-corrected chi connectivity index (χ4v) is 2.22. The van der Waals surface area contributed by atoms with Crippen molar-refractivity contribution in [2.75, 3.05) is 0 Å². The molecule has 2 aromatic rings. The Hall–Kier alpha value is -0.720. The Morgan fingerprint density at radius 3 is 3.00 bits per heavy atom. The molecule has 13 heavy (non-hydrogen) atoms. The van der Waals surface area contributed by atoms with E-state index in [0.717, 1.165) is 9.37 Å². The highest BCUT2D eigenvalue weighted by Crippen LogP contribution is 2.26. The van der Waals surface area contributed by atoms with Crippen LogP contribution in [0.3, 0.4) is 0 Å². The van der Waals surface area contributed by atoms with E-state index < -0.39 is 0 Å². The van der Waals surface area contributed by atoms with Crippen molar-refractivity contribution in [3.05, 3.63) is 23.9 Å². The third-order valence-corrected chi connectivity index (χ3v) is 2.92. The van der Waals surface area contributed by atoms with Gasteiger partial charge in [-0.25, -0.2) is 9.97 Å². The van der Waals surface area contributed by atoms with Crippen molar-refractivity contribution in [3.8, 4) is 0 Å². The Bertz CT molecular complexity index is 391. The Labute approximate surface area is 87.6 Å². The van der Waals surface area contributed by atoms with Gasteiger partial charge in [0.15, 0.2) is 4.34 Å². The summed E-state index contributed by atoms with van der Waals surface area (Å²) in [7, 11) is 0. The zero-order valence-electron chi connectivity index (χ0n) is 6.22. The smallest absolute Gasteiger partial charge is 0.176 e. The van der Waals surface area contributed by atoms with E-state index in [-0.39, 0.29) is 0 Å². The molecule has 0 aromatic carbocycles. The summed E-state index contributed by atoms with van der Waals surface area (Å²) in [5, 5.41) is 1.11. The average molecular weight is 231 g/mol. The van der Waals surface area contributed by atoms with E-state index in [9.17, 15) is 0 Å². The van der Waals surface area contributed by atoms with Gasteiger partial charge in [0.25, 0.3) is 0 Å². The molecule has 0 aliphatic carbocycles. The highest BCUT2D eigenvalue weighted by molar-refractivity contribution is 8.00. The second-order valence-corrected chi connectivity index (χ2v) is 4.42. The molecular formula is C6H3ClN4S2. The quantitative estimate of drug-likeness (QED) is 0.791. The molecule has 2 heterocycles. The van der Waals surface area contributed by atoms with Gasteiger partial charge in [-0.3, -0.25) is 4.98 Å². The lowest BCUT2D eigenvalue weighted by molar-refractivity contribution is 1.05. The zero-order valence-corrected chi connectivity index (χ0v) is 8.60. The van der Waals surface area contributed by atoms with E-state index in [2.05, 4.69) is 19.3 Å². The minimum atomic E-state index is 0.384. The molecule has 0 amide bonds. The third-order valence-electron chi connectivity index (χ3n) is 1.12. The fourth-order valence-electron chi connectivity index (χ4n) is 0.672. The van der Waals surface area contributed by atoms with Gasteiger partial charge in [-0.05, 0) is 23.3 Å². The minimum absolute atomic E-state index is 0.384. The van der Waals surface area contributed by atoms with Crippen LogP contribution in [0.5, 0.6) is 0 Å². The van der Waals surface area contributed by atoms with Crippen molar-refractivity contribution < 1.29 is 0 Å². The first-order valence-corrected chi connectivity index (χ1v) is 5.23. The second-order valence-electron chi connectivity index (χ2n) is 1.99. The number of nitrogens with zero attached hydrogens (tertiary/aromatic N) is 4. The van der Waals surface area contributed by atoms with Crippen molar-refractivity contribution in [2.24, 2.45) is 0 Å². The van der Waals surface area contributed by atoms with Crippen LogP contribution >= 0.6 is 34.9 Å². The normalized spacial score (nSPS) is 10.2. The van der Waals surface area contributed by atoms with Gasteiger partial charge in [0.05, 0.1) is 12.4 Å². The molecule has 0 atom stereocenters. The molecule has 0 N–H and O–H groups in total. The Morgan fingerprint density at radius 2 is 2.31 bits per heavy atom. The first kappa shape index (κ1) is 8.86. The molecule has 0 saturated carbocycles. The van der Waals surface area contributed by atoms with Gasteiger partial charge < -0.3 is 0 Å². The predicted octanol–water partition coefficient (Wildman–Crippen LogP) is 2.13. The van der Waals surface area contributed by atoms with Crippen molar-refractivity contribution >= 4 is 34.9 Å². The molecule has 2 rings (SSSR count). The van der Waals surface area contributed by atoms with Crippen LogP contribution in [-0.2, 0) is 0 Å². The maximum atomic E-state index is 5.67. The Kier molecular flexibility index (Phi) is 2.72. The van der Waals surface area contributed by atoms with E-state index >= 15 is 0 Å². The largest absolute Gasteiger partial charge is 0.259 e. The van der Waals surface area contributed by atoms with Crippen LogP contribution in [0.15, 0.2) is 28.1 Å². The lowest BCUT2D eigenvalue weighted by Gasteiger charge is -1.94. The number of hydrogen-bond donors (Lipinski definition) is 0. The minimum Gasteiger partial charge on any atom is -0.259 e. The van der Waals surface area contributed by atoms with Crippen LogP contribution in [0.2, 0.25) is 5.15 Å². The van der Waals surface area contributed by atoms with Crippen LogP contribution < -0.4 is 0 Å². The van der Waals surface area contributed by atoms with Crippen molar-refractivity contribution in [3.63, 3.8) is 0 Å². The summed E-state index contributed by atoms with van der Waals surface area (Å²) in [6, 6.07) is 0. The molecule has 0 aliphatic rings. The lowest BCUT2D eigenvalue weighted by Crippen LogP contribution is -1.82. The molecule has 66 valence electrons. The summed E-state index contributed by atoms with van der Waals surface area (Å²) >= 11 is 8.38. The summed E-state index contributed by atoms with van der Waals surface area (Å²) < 4.78 is 4.70. The highest BCUT2D eigenvalue weighted by atomic mass is 35.5. The molecule has 7 heteroatoms. The van der Waals surface area contributed by atoms with E-state index in [1.54, 1.807) is 6.20 Å². The van der Waals surface area contributed by atoms with Gasteiger partial charge in [0.1, 0.15) is 16.5 Å². The van der Waals surface area contributed by atoms with Crippen molar-refractivity contribution in [1.29, 1.82) is 0 Å². The summed E-state index contributed by atoms with van der Waals surface area (Å²) in [5.41, 5.74) is 0. The first-order valence-electron chi connectivity index (χ1n) is 3.26. The van der Waals surface area contributed by atoms with Crippen LogP contribution in [0.4, 0.5) is 0 Å². The van der Waals surface area contributed by atoms with E-state index in [1.807, 2.05) is 0 Å². The van der Waals surface area contributed by atoms with Gasteiger partial charge in [-0.2, -0.15) is 4.37 Å². The zero-order chi connectivity index (χ0) is 9.10.